The number of benzene rings is 2. The van der Waals surface area contributed by atoms with E-state index in [0.29, 0.717) is 11.8 Å². The van der Waals surface area contributed by atoms with Gasteiger partial charge in [0.15, 0.2) is 0 Å². The maximum absolute atomic E-state index is 11.4. The van der Waals surface area contributed by atoms with E-state index < -0.39 is 15.7 Å². The van der Waals surface area contributed by atoms with E-state index in [0.717, 1.165) is 35.9 Å². The van der Waals surface area contributed by atoms with Crippen molar-refractivity contribution in [3.8, 4) is 0 Å². The molecule has 31 heavy (non-hydrogen) atoms. The average Bonchev–Trinajstić information content (AvgIpc) is 2.68. The van der Waals surface area contributed by atoms with E-state index in [1.807, 2.05) is 6.92 Å². The molecule has 3 unspecified atom stereocenters. The topological polar surface area (TPSA) is 74.6 Å². The number of quaternary nitrogens is 1. The second kappa shape index (κ2) is 10.3. The lowest BCUT2D eigenvalue weighted by molar-refractivity contribution is -0.874. The summed E-state index contributed by atoms with van der Waals surface area (Å²) in [5.41, 5.74) is 1.71. The number of nitrogens with zero attached hydrogens (tertiary/aromatic N) is 1. The Kier molecular flexibility index (Phi) is 8.45. The summed E-state index contributed by atoms with van der Waals surface area (Å²) in [6, 6.07) is 16.6. The Morgan fingerprint density at radius 2 is 1.61 bits per heavy atom. The van der Waals surface area contributed by atoms with Crippen molar-refractivity contribution in [2.75, 3.05) is 27.7 Å². The molecule has 0 aromatic heterocycles. The van der Waals surface area contributed by atoms with Gasteiger partial charge in [0.05, 0.1) is 38.2 Å². The maximum atomic E-state index is 11.4. The highest BCUT2D eigenvalue weighted by molar-refractivity contribution is 7.85. The smallest absolute Gasteiger partial charge is 0.294 e. The zero-order valence-electron chi connectivity index (χ0n) is 19.5. The van der Waals surface area contributed by atoms with Gasteiger partial charge in [-0.05, 0) is 37.5 Å². The highest BCUT2D eigenvalue weighted by Crippen LogP contribution is 2.45. The van der Waals surface area contributed by atoms with Crippen LogP contribution in [-0.2, 0) is 10.1 Å². The predicted molar refractivity (Wildman–Crippen MR) is 126 cm³/mol. The summed E-state index contributed by atoms with van der Waals surface area (Å²) >= 11 is 0. The van der Waals surface area contributed by atoms with E-state index in [1.165, 1.54) is 24.1 Å². The normalized spacial score (nSPS) is 22.9. The molecule has 2 aromatic rings. The van der Waals surface area contributed by atoms with E-state index >= 15 is 0 Å². The molecule has 0 amide bonds. The fourth-order valence-electron chi connectivity index (χ4n) is 4.60. The summed E-state index contributed by atoms with van der Waals surface area (Å²) in [5.74, 6) is 0.604. The molecule has 1 fully saturated rings. The van der Waals surface area contributed by atoms with Crippen molar-refractivity contribution in [1.29, 1.82) is 0 Å². The molecular formula is C25H38NO4S+. The van der Waals surface area contributed by atoms with Crippen molar-refractivity contribution in [1.82, 2.24) is 0 Å². The third kappa shape index (κ3) is 7.42. The van der Waals surface area contributed by atoms with E-state index in [2.05, 4.69) is 58.4 Å². The van der Waals surface area contributed by atoms with E-state index in [-0.39, 0.29) is 4.90 Å². The quantitative estimate of drug-likeness (QED) is 0.515. The maximum Gasteiger partial charge on any atom is 0.294 e. The largest absolute Gasteiger partial charge is 0.389 e. The molecule has 0 bridgehead atoms. The van der Waals surface area contributed by atoms with Gasteiger partial charge in [0, 0.05) is 11.8 Å². The number of hydrogen-bond donors (Lipinski definition) is 2. The Labute approximate surface area is 188 Å². The lowest BCUT2D eigenvalue weighted by atomic mass is 9.66. The van der Waals surface area contributed by atoms with Crippen LogP contribution in [-0.4, -0.2) is 55.8 Å². The van der Waals surface area contributed by atoms with Crippen LogP contribution in [0.5, 0.6) is 0 Å². The molecule has 0 saturated heterocycles. The summed E-state index contributed by atoms with van der Waals surface area (Å²) in [4.78, 5) is -0.0666. The lowest BCUT2D eigenvalue weighted by Gasteiger charge is -2.46. The summed E-state index contributed by atoms with van der Waals surface area (Å²) in [5, 5.41) is 11.4. The standard InChI is InChI=1S/C18H30NO.C7H8O3S/c1-15(14-19(2,3)4)18(20)13-9-8-12-17(18)16-10-6-5-7-11-16;1-6-2-4-7(5-3-6)11(8,9)10/h5-7,10-11,15,17,20H,8-9,12-14H2,1-4H3;2-5H,1H3,(H,8,9,10)/q+1;. The van der Waals surface area contributed by atoms with E-state index in [4.69, 9.17) is 4.55 Å². The zero-order valence-corrected chi connectivity index (χ0v) is 20.3. The first-order chi connectivity index (χ1) is 14.3. The molecule has 0 radical (unpaired) electrons. The monoisotopic (exact) mass is 448 g/mol. The molecule has 1 aliphatic carbocycles. The van der Waals surface area contributed by atoms with Crippen LogP contribution in [0.3, 0.4) is 0 Å². The van der Waals surface area contributed by atoms with Crippen LogP contribution in [0.2, 0.25) is 0 Å². The van der Waals surface area contributed by atoms with Crippen LogP contribution in [0.4, 0.5) is 0 Å². The third-order valence-electron chi connectivity index (χ3n) is 6.12. The van der Waals surface area contributed by atoms with Crippen LogP contribution in [0.1, 0.15) is 49.7 Å². The molecular weight excluding hydrogens is 410 g/mol. The van der Waals surface area contributed by atoms with E-state index in [1.54, 1.807) is 12.1 Å². The second-order valence-corrected chi connectivity index (χ2v) is 11.3. The van der Waals surface area contributed by atoms with Crippen LogP contribution < -0.4 is 0 Å². The molecule has 3 rings (SSSR count). The van der Waals surface area contributed by atoms with Crippen molar-refractivity contribution < 1.29 is 22.6 Å². The van der Waals surface area contributed by atoms with Gasteiger partial charge in [-0.3, -0.25) is 4.55 Å². The summed E-state index contributed by atoms with van der Waals surface area (Å²) in [6.45, 7) is 5.08. The molecule has 3 atom stereocenters. The minimum atomic E-state index is -4.02. The van der Waals surface area contributed by atoms with Crippen molar-refractivity contribution in [3.05, 3.63) is 65.7 Å². The fraction of sp³-hybridized carbons (Fsp3) is 0.520. The SMILES string of the molecule is CC(C[N+](C)(C)C)C1(O)CCCCC1c1ccccc1.Cc1ccc(S(=O)(=O)O)cc1. The Morgan fingerprint density at radius 1 is 1.03 bits per heavy atom. The molecule has 6 heteroatoms. The van der Waals surface area contributed by atoms with Crippen molar-refractivity contribution in [2.45, 2.75) is 55.9 Å². The Balaban J connectivity index is 0.000000262. The van der Waals surface area contributed by atoms with Gasteiger partial charge in [-0.2, -0.15) is 8.42 Å². The first-order valence-corrected chi connectivity index (χ1v) is 12.4. The third-order valence-corrected chi connectivity index (χ3v) is 6.99. The van der Waals surface area contributed by atoms with Gasteiger partial charge in [0.2, 0.25) is 0 Å². The highest BCUT2D eigenvalue weighted by Gasteiger charge is 2.45. The van der Waals surface area contributed by atoms with Crippen LogP contribution in [0, 0.1) is 12.8 Å². The first-order valence-electron chi connectivity index (χ1n) is 10.9. The van der Waals surface area contributed by atoms with Crippen LogP contribution >= 0.6 is 0 Å². The molecule has 172 valence electrons. The van der Waals surface area contributed by atoms with Gasteiger partial charge in [-0.1, -0.05) is 67.8 Å². The minimum Gasteiger partial charge on any atom is -0.389 e. The molecule has 2 aromatic carbocycles. The second-order valence-electron chi connectivity index (χ2n) is 9.86. The lowest BCUT2D eigenvalue weighted by Crippen LogP contribution is -2.51. The number of rotatable bonds is 5. The van der Waals surface area contributed by atoms with Gasteiger partial charge < -0.3 is 9.59 Å². The molecule has 0 heterocycles. The number of aryl methyl sites for hydroxylation is 1. The Bertz CT molecular complexity index is 920. The first kappa shape index (κ1) is 25.5. The molecule has 0 aliphatic heterocycles. The van der Waals surface area contributed by atoms with Gasteiger partial charge in [-0.25, -0.2) is 0 Å². The number of aliphatic hydroxyl groups is 1. The van der Waals surface area contributed by atoms with Gasteiger partial charge in [0.25, 0.3) is 10.1 Å². The van der Waals surface area contributed by atoms with Crippen molar-refractivity contribution in [3.63, 3.8) is 0 Å². The Hall–Kier alpha value is -1.73. The predicted octanol–water partition coefficient (Wildman–Crippen LogP) is 4.66. The van der Waals surface area contributed by atoms with Gasteiger partial charge in [-0.15, -0.1) is 0 Å². The van der Waals surface area contributed by atoms with Gasteiger partial charge >= 0.3 is 0 Å². The molecule has 0 spiro atoms. The van der Waals surface area contributed by atoms with Crippen LogP contribution in [0.25, 0.3) is 0 Å². The molecule has 1 aliphatic rings. The van der Waals surface area contributed by atoms with Crippen molar-refractivity contribution >= 4 is 10.1 Å². The fourth-order valence-corrected chi connectivity index (χ4v) is 5.08. The van der Waals surface area contributed by atoms with Crippen LogP contribution in [0.15, 0.2) is 59.5 Å². The van der Waals surface area contributed by atoms with E-state index in [9.17, 15) is 13.5 Å². The highest BCUT2D eigenvalue weighted by atomic mass is 32.2. The molecule has 1 saturated carbocycles. The summed E-state index contributed by atoms with van der Waals surface area (Å²) < 4.78 is 30.5. The minimum absolute atomic E-state index is 0.0666. The average molecular weight is 449 g/mol. The zero-order chi connectivity index (χ0) is 23.3. The number of hydrogen-bond acceptors (Lipinski definition) is 3. The van der Waals surface area contributed by atoms with Gasteiger partial charge in [0.1, 0.15) is 0 Å². The summed E-state index contributed by atoms with van der Waals surface area (Å²) in [6.07, 6.45) is 4.44. The Morgan fingerprint density at radius 3 is 2.13 bits per heavy atom. The molecule has 5 nitrogen and oxygen atoms in total. The summed E-state index contributed by atoms with van der Waals surface area (Å²) in [7, 11) is 2.61. The van der Waals surface area contributed by atoms with Crippen molar-refractivity contribution in [2.24, 2.45) is 5.92 Å². The molecule has 2 N–H and O–H groups in total.